The van der Waals surface area contributed by atoms with Gasteiger partial charge in [0.15, 0.2) is 6.17 Å². The number of halogens is 3. The van der Waals surface area contributed by atoms with Gasteiger partial charge < -0.3 is 14.0 Å². The van der Waals surface area contributed by atoms with E-state index >= 15 is 0 Å². The molecule has 1 atom stereocenters. The molecule has 5 rings (SSSR count). The highest BCUT2D eigenvalue weighted by atomic mass is 28.3. The molecule has 0 aromatic carbocycles. The van der Waals surface area contributed by atoms with E-state index in [2.05, 4.69) is 40.8 Å². The number of hydrogen-bond acceptors (Lipinski definition) is 6. The summed E-state index contributed by atoms with van der Waals surface area (Å²) in [6, 6.07) is 9.94. The Labute approximate surface area is 218 Å². The van der Waals surface area contributed by atoms with E-state index in [1.165, 1.54) is 6.20 Å². The van der Waals surface area contributed by atoms with Crippen LogP contribution in [0.3, 0.4) is 0 Å². The highest BCUT2D eigenvalue weighted by Gasteiger charge is 2.36. The molecule has 1 aliphatic rings. The summed E-state index contributed by atoms with van der Waals surface area (Å²) < 4.78 is 57.7. The Balaban J connectivity index is 1.81. The van der Waals surface area contributed by atoms with Crippen LogP contribution in [0.2, 0.25) is 25.7 Å². The van der Waals surface area contributed by atoms with Crippen molar-refractivity contribution < 1.29 is 22.6 Å². The van der Waals surface area contributed by atoms with Gasteiger partial charge in [0.05, 0.1) is 17.8 Å². The zero-order valence-corrected chi connectivity index (χ0v) is 22.3. The minimum absolute atomic E-state index is 0.0223. The molecule has 1 aliphatic heterocycles. The molecule has 0 bridgehead atoms. The third kappa shape index (κ3) is 4.79. The number of hydrogen-bond donors (Lipinski definition) is 0. The minimum Gasteiger partial charge on any atom is -0.474 e. The Bertz CT molecular complexity index is 1520. The number of rotatable bonds is 8. The van der Waals surface area contributed by atoms with Crippen LogP contribution >= 0.6 is 0 Å². The lowest BCUT2D eigenvalue weighted by Crippen LogP contribution is -2.27. The van der Waals surface area contributed by atoms with E-state index in [9.17, 15) is 18.4 Å². The Hall–Kier alpha value is -3.69. The average Bonchev–Trinajstić information content (AvgIpc) is 3.41. The summed E-state index contributed by atoms with van der Waals surface area (Å²) in [6.07, 6.45) is -1.24. The molecule has 4 aromatic rings. The predicted molar refractivity (Wildman–Crippen MR) is 138 cm³/mol. The van der Waals surface area contributed by atoms with Crippen LogP contribution in [-0.2, 0) is 18.0 Å². The molecule has 198 valence electrons. The van der Waals surface area contributed by atoms with Crippen LogP contribution in [0.1, 0.15) is 17.8 Å². The SMILES string of the molecule is C[Si](C)(C)CCOCn1c(-c2c(C(F)F)nn3c2OC[C@@H](F)C3)c(-c2cccnc2C#N)c2cccnc21. The van der Waals surface area contributed by atoms with Gasteiger partial charge in [0.1, 0.15) is 36.4 Å². The van der Waals surface area contributed by atoms with Crippen molar-refractivity contribution in [1.82, 2.24) is 24.3 Å². The summed E-state index contributed by atoms with van der Waals surface area (Å²) in [5.41, 5.74) is 1.34. The topological polar surface area (TPSA) is 90.8 Å². The third-order valence-corrected chi connectivity index (χ3v) is 8.07. The van der Waals surface area contributed by atoms with Crippen molar-refractivity contribution in [2.24, 2.45) is 0 Å². The van der Waals surface area contributed by atoms with E-state index < -0.39 is 26.4 Å². The van der Waals surface area contributed by atoms with Crippen LogP contribution in [-0.4, -0.2) is 51.8 Å². The van der Waals surface area contributed by atoms with Crippen LogP contribution in [0, 0.1) is 11.3 Å². The van der Waals surface area contributed by atoms with Crippen LogP contribution in [0.25, 0.3) is 33.4 Å². The van der Waals surface area contributed by atoms with Gasteiger partial charge in [-0.15, -0.1) is 0 Å². The molecule has 8 nitrogen and oxygen atoms in total. The molecule has 12 heteroatoms. The first-order valence-corrected chi connectivity index (χ1v) is 16.0. The van der Waals surface area contributed by atoms with Crippen molar-refractivity contribution in [3.63, 3.8) is 0 Å². The van der Waals surface area contributed by atoms with Crippen molar-refractivity contribution in [1.29, 1.82) is 5.26 Å². The summed E-state index contributed by atoms with van der Waals surface area (Å²) >= 11 is 0. The summed E-state index contributed by atoms with van der Waals surface area (Å²) in [7, 11) is -1.39. The molecule has 38 heavy (non-hydrogen) atoms. The summed E-state index contributed by atoms with van der Waals surface area (Å²) in [4.78, 5) is 8.75. The fraction of sp³-hybridized carbons (Fsp3) is 0.385. The van der Waals surface area contributed by atoms with E-state index in [0.29, 0.717) is 34.5 Å². The quantitative estimate of drug-likeness (QED) is 0.207. The smallest absolute Gasteiger partial charge is 0.282 e. The highest BCUT2D eigenvalue weighted by Crippen LogP contribution is 2.48. The van der Waals surface area contributed by atoms with Gasteiger partial charge in [0, 0.05) is 43.6 Å². The van der Waals surface area contributed by atoms with Crippen molar-refractivity contribution >= 4 is 19.1 Å². The maximum Gasteiger partial charge on any atom is 0.282 e. The molecule has 0 fully saturated rings. The number of pyridine rings is 2. The van der Waals surface area contributed by atoms with Gasteiger partial charge in [0.25, 0.3) is 6.43 Å². The molecule has 5 heterocycles. The monoisotopic (exact) mass is 540 g/mol. The number of nitriles is 1. The molecule has 0 radical (unpaired) electrons. The van der Waals surface area contributed by atoms with E-state index in [4.69, 9.17) is 9.47 Å². The van der Waals surface area contributed by atoms with Crippen molar-refractivity contribution in [2.75, 3.05) is 13.2 Å². The molecule has 0 aliphatic carbocycles. The fourth-order valence-corrected chi connectivity index (χ4v) is 5.34. The summed E-state index contributed by atoms with van der Waals surface area (Å²) in [5.74, 6) is 0.0454. The summed E-state index contributed by atoms with van der Waals surface area (Å²) in [5, 5.41) is 14.5. The zero-order valence-electron chi connectivity index (χ0n) is 21.3. The Morgan fingerprint density at radius 2 is 1.95 bits per heavy atom. The van der Waals surface area contributed by atoms with Gasteiger partial charge in [-0.2, -0.15) is 10.4 Å². The lowest BCUT2D eigenvalue weighted by molar-refractivity contribution is 0.0907. The zero-order chi connectivity index (χ0) is 27.0. The normalized spacial score (nSPS) is 15.5. The van der Waals surface area contributed by atoms with Gasteiger partial charge in [-0.1, -0.05) is 19.6 Å². The second-order valence-electron chi connectivity index (χ2n) is 10.3. The van der Waals surface area contributed by atoms with Crippen molar-refractivity contribution in [2.45, 2.75) is 51.6 Å². The van der Waals surface area contributed by atoms with Crippen LogP contribution in [0.15, 0.2) is 36.7 Å². The van der Waals surface area contributed by atoms with Gasteiger partial charge in [-0.25, -0.2) is 27.8 Å². The molecule has 0 spiro atoms. The number of fused-ring (bicyclic) bond motifs is 2. The lowest BCUT2D eigenvalue weighted by Gasteiger charge is -2.21. The average molecular weight is 541 g/mol. The Morgan fingerprint density at radius 1 is 1.18 bits per heavy atom. The molecular weight excluding hydrogens is 513 g/mol. The van der Waals surface area contributed by atoms with Crippen molar-refractivity contribution in [3.05, 3.63) is 48.0 Å². The largest absolute Gasteiger partial charge is 0.474 e. The van der Waals surface area contributed by atoms with Crippen LogP contribution in [0.4, 0.5) is 13.2 Å². The molecule has 0 unspecified atom stereocenters. The second-order valence-corrected chi connectivity index (χ2v) is 16.0. The Morgan fingerprint density at radius 3 is 2.68 bits per heavy atom. The van der Waals surface area contributed by atoms with Crippen molar-refractivity contribution in [3.8, 4) is 34.3 Å². The lowest BCUT2D eigenvalue weighted by atomic mass is 9.97. The first kappa shape index (κ1) is 25.9. The number of alkyl halides is 3. The fourth-order valence-electron chi connectivity index (χ4n) is 4.58. The molecular formula is C26H27F3N6O2Si. The molecule has 4 aromatic heterocycles. The summed E-state index contributed by atoms with van der Waals surface area (Å²) in [6.45, 7) is 6.74. The van der Waals surface area contributed by atoms with Gasteiger partial charge in [0.2, 0.25) is 5.88 Å². The predicted octanol–water partition coefficient (Wildman–Crippen LogP) is 5.81. The van der Waals surface area contributed by atoms with E-state index in [1.54, 1.807) is 29.0 Å². The van der Waals surface area contributed by atoms with E-state index in [0.717, 1.165) is 10.7 Å². The molecule has 0 amide bonds. The Kier molecular flexibility index (Phi) is 6.98. The molecule has 0 N–H and O–H groups in total. The standard InChI is InChI=1S/C26H27F3N6O2Si/c1-38(2,3)11-10-36-15-34-23(21-22(24(28)29)33-35-13-16(27)14-37-26(21)35)20(18-7-5-9-32-25(18)34)17-6-4-8-31-19(17)12-30/h4-9,16,24H,10-11,13-15H2,1-3H3/t16-/m0/s1. The first-order chi connectivity index (χ1) is 18.2. The van der Waals surface area contributed by atoms with Gasteiger partial charge >= 0.3 is 0 Å². The molecule has 0 saturated carbocycles. The van der Waals surface area contributed by atoms with E-state index in [1.807, 2.05) is 6.07 Å². The molecule has 0 saturated heterocycles. The van der Waals surface area contributed by atoms with Crippen LogP contribution < -0.4 is 4.74 Å². The van der Waals surface area contributed by atoms with Crippen LogP contribution in [0.5, 0.6) is 5.88 Å². The number of nitrogens with zero attached hydrogens (tertiary/aromatic N) is 6. The second kappa shape index (κ2) is 10.2. The van der Waals surface area contributed by atoms with Gasteiger partial charge in [-0.05, 0) is 30.3 Å². The minimum atomic E-state index is -2.96. The maximum atomic E-state index is 14.5. The number of ether oxygens (including phenoxy) is 2. The van der Waals surface area contributed by atoms with E-state index in [-0.39, 0.29) is 37.0 Å². The number of aromatic nitrogens is 5. The first-order valence-electron chi connectivity index (χ1n) is 12.3. The van der Waals surface area contributed by atoms with Gasteiger partial charge in [-0.3, -0.25) is 0 Å². The highest BCUT2D eigenvalue weighted by molar-refractivity contribution is 6.76. The maximum absolute atomic E-state index is 14.5. The third-order valence-electron chi connectivity index (χ3n) is 6.37.